The molecule has 6 rings (SSSR count). The number of aryl methyl sites for hydroxylation is 1. The molecule has 0 saturated heterocycles. The van der Waals surface area contributed by atoms with Crippen LogP contribution in [-0.2, 0) is 45.9 Å². The second-order valence-electron chi connectivity index (χ2n) is 11.1. The molecule has 0 aliphatic rings. The Morgan fingerprint density at radius 1 is 0.607 bits per heavy atom. The van der Waals surface area contributed by atoms with Gasteiger partial charge in [-0.2, -0.15) is 23.8 Å². The molecule has 0 heterocycles. The van der Waals surface area contributed by atoms with Crippen LogP contribution in [0.2, 0.25) is 0 Å². The molecule has 0 aliphatic carbocycles. The number of phenols is 4. The van der Waals surface area contributed by atoms with Crippen molar-refractivity contribution in [1.82, 2.24) is 0 Å². The summed E-state index contributed by atoms with van der Waals surface area (Å²) in [6.45, 7) is 1.65. The fourth-order valence-corrected chi connectivity index (χ4v) is 6.81. The van der Waals surface area contributed by atoms with Gasteiger partial charge < -0.3 is 20.4 Å². The largest absolute Gasteiger partial charge is 0.508 e. The van der Waals surface area contributed by atoms with Crippen LogP contribution in [0.25, 0.3) is 21.5 Å². The average Bonchev–Trinajstić information content (AvgIpc) is 3.15. The predicted molar refractivity (Wildman–Crippen MR) is 196 cm³/mol. The first-order valence-corrected chi connectivity index (χ1v) is 18.0. The Kier molecular flexibility index (Phi) is 13.6. The predicted octanol–water partition coefficient (Wildman–Crippen LogP) is 10.5. The van der Waals surface area contributed by atoms with E-state index < -0.39 is 15.0 Å². The molecule has 23 heteroatoms. The zero-order chi connectivity index (χ0) is 39.3. The number of phenolic OH excluding ortho intramolecular Hbond substituents is 4. The summed E-state index contributed by atoms with van der Waals surface area (Å²) in [6, 6.07) is 19.8. The van der Waals surface area contributed by atoms with Crippen molar-refractivity contribution in [3.8, 4) is 23.0 Å². The number of benzene rings is 6. The van der Waals surface area contributed by atoms with Crippen molar-refractivity contribution < 1.29 is 79.7 Å². The summed E-state index contributed by atoms with van der Waals surface area (Å²) in [5, 5.41) is 91.9. The Labute approximate surface area is 333 Å². The quantitative estimate of drug-likeness (QED) is 0.0142. The molecule has 0 unspecified atom stereocenters. The van der Waals surface area contributed by atoms with Crippen LogP contribution in [0, 0.1) is 6.92 Å². The molecule has 0 bridgehead atoms. The first-order valence-electron chi connectivity index (χ1n) is 15.1. The van der Waals surface area contributed by atoms with Crippen molar-refractivity contribution in [2.45, 2.75) is 21.6 Å². The van der Waals surface area contributed by atoms with Crippen LogP contribution >= 0.6 is 24.1 Å². The maximum Gasteiger partial charge on any atom is 0.295 e. The standard InChI is InChI=1S/C33H24N6O13S3.Cu/c1-16-8-27(29(42)15-26(16)37-35-20-3-2-17-10-22(53-51-49-44)14-31(24(17)12-20)55(46,47)48)38-39-32-30(54-52-50-45)11-18-9-19(4-6-23(18)33(32)43)34-36-25-7-5-21(40)13-28(25)41;/h2-15,40-45H,1H3,(H,46,47,48);. The topological polar surface area (TPSA) is 287 Å². The van der Waals surface area contributed by atoms with Crippen molar-refractivity contribution in [2.24, 2.45) is 30.7 Å². The van der Waals surface area contributed by atoms with Crippen molar-refractivity contribution in [3.05, 3.63) is 90.5 Å². The summed E-state index contributed by atoms with van der Waals surface area (Å²) in [6.07, 6.45) is 0. The summed E-state index contributed by atoms with van der Waals surface area (Å²) in [7, 11) is -4.70. The molecule has 0 aromatic heterocycles. The molecule has 0 spiro atoms. The molecule has 19 nitrogen and oxygen atoms in total. The van der Waals surface area contributed by atoms with Gasteiger partial charge in [0, 0.05) is 44.9 Å². The average molecular weight is 872 g/mol. The molecule has 6 aromatic carbocycles. The molecule has 0 amide bonds. The maximum atomic E-state index is 12.1. The van der Waals surface area contributed by atoms with Crippen LogP contribution < -0.4 is 0 Å². The molecule has 0 aliphatic heterocycles. The number of nitrogens with zero attached hydrogens (tertiary/aromatic N) is 6. The Morgan fingerprint density at radius 3 is 1.98 bits per heavy atom. The number of hydrogen-bond donors (Lipinski definition) is 7. The monoisotopic (exact) mass is 871 g/mol. The summed E-state index contributed by atoms with van der Waals surface area (Å²) in [4.78, 5) is -0.122. The van der Waals surface area contributed by atoms with Gasteiger partial charge in [0.2, 0.25) is 0 Å². The van der Waals surface area contributed by atoms with Gasteiger partial charge in [0.05, 0.1) is 46.0 Å². The fourth-order valence-electron chi connectivity index (χ4n) is 5.06. The van der Waals surface area contributed by atoms with E-state index in [2.05, 4.69) is 49.4 Å². The first kappa shape index (κ1) is 41.9. The first-order chi connectivity index (χ1) is 26.3. The van der Waals surface area contributed by atoms with Crippen LogP contribution in [0.4, 0.5) is 34.1 Å². The summed E-state index contributed by atoms with van der Waals surface area (Å²) < 4.78 is 43.0. The molecule has 0 atom stereocenters. The van der Waals surface area contributed by atoms with Crippen molar-refractivity contribution in [3.63, 3.8) is 0 Å². The Bertz CT molecular complexity index is 2650. The fraction of sp³-hybridized carbons (Fsp3) is 0.0303. The van der Waals surface area contributed by atoms with Crippen LogP contribution in [0.15, 0.2) is 130 Å². The van der Waals surface area contributed by atoms with Gasteiger partial charge in [-0.25, -0.2) is 10.5 Å². The maximum absolute atomic E-state index is 12.1. The summed E-state index contributed by atoms with van der Waals surface area (Å²) in [5.41, 5.74) is 1.21. The molecular formula is C33H24CuN6O13S3. The van der Waals surface area contributed by atoms with Crippen LogP contribution in [-0.4, -0.2) is 43.9 Å². The van der Waals surface area contributed by atoms with E-state index in [9.17, 15) is 33.4 Å². The minimum Gasteiger partial charge on any atom is -0.508 e. The van der Waals surface area contributed by atoms with Gasteiger partial charge in [-0.05, 0) is 90.0 Å². The van der Waals surface area contributed by atoms with E-state index >= 15 is 0 Å². The third kappa shape index (κ3) is 9.75. The van der Waals surface area contributed by atoms with Crippen LogP contribution in [0.3, 0.4) is 0 Å². The molecule has 7 N–H and O–H groups in total. The molecular weight excluding hydrogens is 848 g/mol. The smallest absolute Gasteiger partial charge is 0.295 e. The zero-order valence-corrected chi connectivity index (χ0v) is 31.3. The summed E-state index contributed by atoms with van der Waals surface area (Å²) >= 11 is 1.01. The summed E-state index contributed by atoms with van der Waals surface area (Å²) in [5.74, 6) is -1.14. The van der Waals surface area contributed by atoms with Gasteiger partial charge in [-0.15, -0.1) is 24.0 Å². The number of azo groups is 3. The minimum atomic E-state index is -4.70. The van der Waals surface area contributed by atoms with Crippen LogP contribution in [0.5, 0.6) is 23.0 Å². The normalized spacial score (nSPS) is 12.1. The van der Waals surface area contributed by atoms with E-state index in [4.69, 9.17) is 10.5 Å². The molecule has 0 saturated carbocycles. The van der Waals surface area contributed by atoms with Gasteiger partial charge in [0.15, 0.2) is 5.75 Å². The van der Waals surface area contributed by atoms with E-state index in [-0.39, 0.29) is 83.7 Å². The van der Waals surface area contributed by atoms with Crippen molar-refractivity contribution in [2.75, 3.05) is 0 Å². The van der Waals surface area contributed by atoms with E-state index in [0.717, 1.165) is 12.1 Å². The van der Waals surface area contributed by atoms with Gasteiger partial charge >= 0.3 is 0 Å². The molecule has 1 radical (unpaired) electrons. The number of rotatable bonds is 13. The third-order valence-electron chi connectivity index (χ3n) is 7.56. The van der Waals surface area contributed by atoms with Gasteiger partial charge in [-0.3, -0.25) is 4.55 Å². The van der Waals surface area contributed by atoms with Crippen molar-refractivity contribution >= 4 is 89.9 Å². The molecule has 293 valence electrons. The second-order valence-corrected chi connectivity index (χ2v) is 14.0. The second kappa shape index (κ2) is 18.1. The molecule has 6 aromatic rings. The van der Waals surface area contributed by atoms with E-state index in [1.165, 1.54) is 60.7 Å². The Morgan fingerprint density at radius 2 is 1.27 bits per heavy atom. The number of fused-ring (bicyclic) bond motifs is 2. The molecule has 0 fully saturated rings. The van der Waals surface area contributed by atoms with Crippen molar-refractivity contribution in [1.29, 1.82) is 0 Å². The third-order valence-corrected chi connectivity index (χ3v) is 9.63. The zero-order valence-electron chi connectivity index (χ0n) is 27.9. The van der Waals surface area contributed by atoms with Gasteiger partial charge in [0.25, 0.3) is 10.1 Å². The van der Waals surface area contributed by atoms with E-state index in [0.29, 0.717) is 51.5 Å². The Balaban J connectivity index is 0.00000600. The van der Waals surface area contributed by atoms with Gasteiger partial charge in [-0.1, -0.05) is 16.1 Å². The van der Waals surface area contributed by atoms with Crippen LogP contribution in [0.1, 0.15) is 5.56 Å². The minimum absolute atomic E-state index is 0. The number of aromatic hydroxyl groups is 4. The Hall–Kier alpha value is -5.27. The number of hydrogen-bond acceptors (Lipinski definition) is 20. The SMILES string of the molecule is Cc1cc(N=Nc2c(SOOO)cc3cc(N=Nc4ccc(O)cc4O)ccc3c2O)c(O)cc1N=Nc1ccc2cc(SOOO)cc(S(=O)(=O)O)c2c1.[Cu]. The van der Waals surface area contributed by atoms with E-state index in [1.54, 1.807) is 19.1 Å². The molecule has 56 heavy (non-hydrogen) atoms. The van der Waals surface area contributed by atoms with E-state index in [1.807, 2.05) is 0 Å². The van der Waals surface area contributed by atoms with Gasteiger partial charge in [0.1, 0.15) is 39.2 Å².